The van der Waals surface area contributed by atoms with Gasteiger partial charge in [-0.3, -0.25) is 0 Å². The van der Waals surface area contributed by atoms with Crippen LogP contribution in [-0.4, -0.2) is 18.9 Å². The molecule has 148 valence electrons. The van der Waals surface area contributed by atoms with Crippen LogP contribution >= 0.6 is 0 Å². The summed E-state index contributed by atoms with van der Waals surface area (Å²) >= 11 is 0. The van der Waals surface area contributed by atoms with Gasteiger partial charge in [-0.05, 0) is 54.3 Å². The second-order valence-electron chi connectivity index (χ2n) is 6.89. The van der Waals surface area contributed by atoms with Crippen molar-refractivity contribution in [2.75, 3.05) is 12.1 Å². The van der Waals surface area contributed by atoms with Gasteiger partial charge in [0.05, 0.1) is 0 Å². The minimum atomic E-state index is -0.399. The summed E-state index contributed by atoms with van der Waals surface area (Å²) in [5, 5.41) is 5.70. The van der Waals surface area contributed by atoms with Crippen LogP contribution in [0.1, 0.15) is 11.1 Å². The molecule has 3 aromatic rings. The SMILES string of the molecule is O=C(Nc1cccc(F)c1)N[C@H](Cc1ccccc1)Cc1ccc2c(c1)OCO2. The maximum absolute atomic E-state index is 13.4. The molecule has 1 atom stereocenters. The lowest BCUT2D eigenvalue weighted by Crippen LogP contribution is -2.40. The Morgan fingerprint density at radius 1 is 0.897 bits per heavy atom. The molecule has 0 aromatic heterocycles. The van der Waals surface area contributed by atoms with Crippen LogP contribution in [0.25, 0.3) is 0 Å². The monoisotopic (exact) mass is 392 g/mol. The van der Waals surface area contributed by atoms with E-state index < -0.39 is 5.82 Å². The van der Waals surface area contributed by atoms with E-state index in [4.69, 9.17) is 9.47 Å². The molecule has 0 saturated heterocycles. The van der Waals surface area contributed by atoms with Gasteiger partial charge in [0.1, 0.15) is 5.82 Å². The van der Waals surface area contributed by atoms with Crippen LogP contribution in [0.5, 0.6) is 11.5 Å². The molecule has 2 N–H and O–H groups in total. The van der Waals surface area contributed by atoms with Crippen molar-refractivity contribution in [3.05, 3.63) is 89.7 Å². The number of amides is 2. The summed E-state index contributed by atoms with van der Waals surface area (Å²) in [5.74, 6) is 1.04. The van der Waals surface area contributed by atoms with Crippen LogP contribution in [0.3, 0.4) is 0 Å². The standard InChI is InChI=1S/C23H21FN2O3/c24-18-7-4-8-19(14-18)25-23(27)26-20(11-16-5-2-1-3-6-16)12-17-9-10-21-22(13-17)29-15-28-21/h1-10,13-14,20H,11-12,15H2,(H2,25,26,27)/t20-/m1/s1. The van der Waals surface area contributed by atoms with E-state index in [0.717, 1.165) is 16.9 Å². The molecule has 0 radical (unpaired) electrons. The van der Waals surface area contributed by atoms with Crippen LogP contribution in [0.4, 0.5) is 14.9 Å². The van der Waals surface area contributed by atoms with Crippen LogP contribution in [-0.2, 0) is 12.8 Å². The van der Waals surface area contributed by atoms with Gasteiger partial charge >= 0.3 is 6.03 Å². The first-order valence-corrected chi connectivity index (χ1v) is 9.41. The molecule has 2 amide bonds. The van der Waals surface area contributed by atoms with Crippen molar-refractivity contribution in [1.82, 2.24) is 5.32 Å². The summed E-state index contributed by atoms with van der Waals surface area (Å²) in [4.78, 5) is 12.5. The molecule has 0 saturated carbocycles. The first kappa shape index (κ1) is 18.8. The maximum Gasteiger partial charge on any atom is 0.319 e. The van der Waals surface area contributed by atoms with E-state index in [-0.39, 0.29) is 18.9 Å². The Hall–Kier alpha value is -3.54. The Morgan fingerprint density at radius 3 is 2.52 bits per heavy atom. The predicted octanol–water partition coefficient (Wildman–Crippen LogP) is 4.53. The van der Waals surface area contributed by atoms with Gasteiger partial charge < -0.3 is 20.1 Å². The smallest absolute Gasteiger partial charge is 0.319 e. The molecular formula is C23H21FN2O3. The van der Waals surface area contributed by atoms with Gasteiger partial charge in [-0.2, -0.15) is 0 Å². The number of hydrogen-bond acceptors (Lipinski definition) is 3. The summed E-state index contributed by atoms with van der Waals surface area (Å²) < 4.78 is 24.2. The van der Waals surface area contributed by atoms with Gasteiger partial charge in [-0.25, -0.2) is 9.18 Å². The fourth-order valence-corrected chi connectivity index (χ4v) is 3.34. The molecule has 0 bridgehead atoms. The molecule has 1 heterocycles. The molecular weight excluding hydrogens is 371 g/mol. The zero-order chi connectivity index (χ0) is 20.1. The van der Waals surface area contributed by atoms with Crippen molar-refractivity contribution in [1.29, 1.82) is 0 Å². The van der Waals surface area contributed by atoms with Crippen LogP contribution in [0.15, 0.2) is 72.8 Å². The summed E-state index contributed by atoms with van der Waals surface area (Å²) in [6.45, 7) is 0.223. The van der Waals surface area contributed by atoms with Crippen LogP contribution in [0.2, 0.25) is 0 Å². The lowest BCUT2D eigenvalue weighted by molar-refractivity contribution is 0.174. The number of rotatable bonds is 6. The lowest BCUT2D eigenvalue weighted by atomic mass is 9.98. The summed E-state index contributed by atoms with van der Waals surface area (Å²) in [6.07, 6.45) is 1.27. The van der Waals surface area contributed by atoms with E-state index in [2.05, 4.69) is 10.6 Å². The van der Waals surface area contributed by atoms with Crippen molar-refractivity contribution < 1.29 is 18.7 Å². The number of urea groups is 1. The highest BCUT2D eigenvalue weighted by atomic mass is 19.1. The number of halogens is 1. The highest BCUT2D eigenvalue weighted by Gasteiger charge is 2.18. The number of benzene rings is 3. The Balaban J connectivity index is 1.47. The third-order valence-electron chi connectivity index (χ3n) is 4.66. The fraction of sp³-hybridized carbons (Fsp3) is 0.174. The topological polar surface area (TPSA) is 59.6 Å². The molecule has 0 fully saturated rings. The highest BCUT2D eigenvalue weighted by Crippen LogP contribution is 2.32. The first-order valence-electron chi connectivity index (χ1n) is 9.41. The van der Waals surface area contributed by atoms with Gasteiger partial charge in [0.25, 0.3) is 0 Å². The van der Waals surface area contributed by atoms with E-state index in [0.29, 0.717) is 24.3 Å². The molecule has 3 aromatic carbocycles. The number of fused-ring (bicyclic) bond motifs is 1. The summed E-state index contributed by atoms with van der Waals surface area (Å²) in [6, 6.07) is 21.0. The third-order valence-corrected chi connectivity index (χ3v) is 4.66. The molecule has 1 aliphatic rings. The normalized spacial score (nSPS) is 13.0. The van der Waals surface area contributed by atoms with Gasteiger partial charge in [0.15, 0.2) is 11.5 Å². The first-order chi connectivity index (χ1) is 14.2. The number of anilines is 1. The fourth-order valence-electron chi connectivity index (χ4n) is 3.34. The van der Waals surface area contributed by atoms with Crippen molar-refractivity contribution >= 4 is 11.7 Å². The third kappa shape index (κ3) is 5.04. The molecule has 0 unspecified atom stereocenters. The van der Waals surface area contributed by atoms with E-state index in [1.165, 1.54) is 12.1 Å². The van der Waals surface area contributed by atoms with Crippen LogP contribution in [0, 0.1) is 5.82 Å². The second-order valence-corrected chi connectivity index (χ2v) is 6.89. The summed E-state index contributed by atoms with van der Waals surface area (Å²) in [7, 11) is 0. The molecule has 0 spiro atoms. The van der Waals surface area contributed by atoms with E-state index in [9.17, 15) is 9.18 Å². The van der Waals surface area contributed by atoms with Crippen molar-refractivity contribution in [2.24, 2.45) is 0 Å². The van der Waals surface area contributed by atoms with E-state index >= 15 is 0 Å². The molecule has 1 aliphatic heterocycles. The molecule has 0 aliphatic carbocycles. The Morgan fingerprint density at radius 2 is 1.69 bits per heavy atom. The summed E-state index contributed by atoms with van der Waals surface area (Å²) in [5.41, 5.74) is 2.55. The Labute approximate surface area is 168 Å². The zero-order valence-electron chi connectivity index (χ0n) is 15.7. The predicted molar refractivity (Wildman–Crippen MR) is 109 cm³/mol. The lowest BCUT2D eigenvalue weighted by Gasteiger charge is -2.20. The Kier molecular flexibility index (Phi) is 5.61. The largest absolute Gasteiger partial charge is 0.454 e. The van der Waals surface area contributed by atoms with Gasteiger partial charge in [-0.1, -0.05) is 42.5 Å². The van der Waals surface area contributed by atoms with Crippen molar-refractivity contribution in [2.45, 2.75) is 18.9 Å². The quantitative estimate of drug-likeness (QED) is 0.648. The number of hydrogen-bond donors (Lipinski definition) is 2. The van der Waals surface area contributed by atoms with Gasteiger partial charge in [0, 0.05) is 11.7 Å². The minimum Gasteiger partial charge on any atom is -0.454 e. The minimum absolute atomic E-state index is 0.161. The van der Waals surface area contributed by atoms with E-state index in [1.54, 1.807) is 12.1 Å². The molecule has 6 heteroatoms. The van der Waals surface area contributed by atoms with Gasteiger partial charge in [-0.15, -0.1) is 0 Å². The number of carbonyl (C=O) groups excluding carboxylic acids is 1. The van der Waals surface area contributed by atoms with Crippen LogP contribution < -0.4 is 20.1 Å². The number of ether oxygens (including phenoxy) is 2. The molecule has 4 rings (SSSR count). The van der Waals surface area contributed by atoms with Gasteiger partial charge in [0.2, 0.25) is 6.79 Å². The zero-order valence-corrected chi connectivity index (χ0v) is 15.7. The average Bonchev–Trinajstić information content (AvgIpc) is 3.16. The second kappa shape index (κ2) is 8.65. The molecule has 5 nitrogen and oxygen atoms in total. The highest BCUT2D eigenvalue weighted by molar-refractivity contribution is 5.89. The number of carbonyl (C=O) groups is 1. The number of nitrogens with one attached hydrogen (secondary N) is 2. The van der Waals surface area contributed by atoms with Crippen molar-refractivity contribution in [3.8, 4) is 11.5 Å². The maximum atomic E-state index is 13.4. The Bertz CT molecular complexity index is 994. The molecule has 29 heavy (non-hydrogen) atoms. The average molecular weight is 392 g/mol. The van der Waals surface area contributed by atoms with E-state index in [1.807, 2.05) is 48.5 Å². The van der Waals surface area contributed by atoms with Crippen molar-refractivity contribution in [3.63, 3.8) is 0 Å².